The Hall–Kier alpha value is -2.56. The molecule has 14 nitrogen and oxygen atoms in total. The van der Waals surface area contributed by atoms with E-state index in [0.29, 0.717) is 13.2 Å². The molecule has 472 valence electrons. The average molecular weight is 1270 g/mol. The Bertz CT molecular complexity index is 1570. The second-order valence-corrected chi connectivity index (χ2v) is 26.3. The molecule has 16 heteroatoms. The van der Waals surface area contributed by atoms with Crippen LogP contribution in [-0.4, -0.2) is 109 Å². The van der Waals surface area contributed by atoms with E-state index in [2.05, 4.69) is 57.0 Å². The van der Waals surface area contributed by atoms with Crippen molar-refractivity contribution in [3.05, 3.63) is 12.7 Å². The highest BCUT2D eigenvalue weighted by molar-refractivity contribution is 9.10. The van der Waals surface area contributed by atoms with Crippen LogP contribution in [0.5, 0.6) is 0 Å². The first-order valence-electron chi connectivity index (χ1n) is 31.0. The van der Waals surface area contributed by atoms with Crippen LogP contribution in [0.4, 0.5) is 0 Å². The number of aliphatic hydroxyl groups is 2. The number of hydrogen-bond donors (Lipinski definition) is 2. The van der Waals surface area contributed by atoms with Crippen LogP contribution in [0.2, 0.25) is 0 Å². The molecular formula is C64H118Br2O14. The molecule has 0 fully saturated rings. The fourth-order valence-electron chi connectivity index (χ4n) is 9.65. The van der Waals surface area contributed by atoms with Gasteiger partial charge in [-0.2, -0.15) is 0 Å². The zero-order valence-electron chi connectivity index (χ0n) is 52.4. The van der Waals surface area contributed by atoms with Gasteiger partial charge in [0, 0.05) is 6.08 Å². The van der Waals surface area contributed by atoms with Gasteiger partial charge < -0.3 is 38.6 Å². The predicted octanol–water partition coefficient (Wildman–Crippen LogP) is 16.3. The molecule has 0 amide bonds. The number of rotatable bonds is 50. The molecule has 0 saturated heterocycles. The second kappa shape index (κ2) is 53.2. The summed E-state index contributed by atoms with van der Waals surface area (Å²) < 4.78 is 29.0. The molecule has 0 aliphatic rings. The summed E-state index contributed by atoms with van der Waals surface area (Å²) in [7, 11) is 2.58. The van der Waals surface area contributed by atoms with Crippen molar-refractivity contribution in [2.45, 2.75) is 289 Å². The average Bonchev–Trinajstić information content (AvgIpc) is 3.42. The van der Waals surface area contributed by atoms with Crippen LogP contribution in [0, 0.1) is 16.2 Å². The highest BCUT2D eigenvalue weighted by Gasteiger charge is 2.46. The summed E-state index contributed by atoms with van der Waals surface area (Å²) in [4.78, 5) is 71.0. The molecule has 0 aliphatic carbocycles. The largest absolute Gasteiger partial charge is 0.469 e. The van der Waals surface area contributed by atoms with E-state index in [0.717, 1.165) is 25.7 Å². The smallest absolute Gasteiger partial charge is 0.330 e. The quantitative estimate of drug-likeness (QED) is 0.0192. The Labute approximate surface area is 504 Å². The third kappa shape index (κ3) is 46.9. The van der Waals surface area contributed by atoms with Crippen LogP contribution in [-0.2, 0) is 57.2 Å². The summed E-state index contributed by atoms with van der Waals surface area (Å²) in [6, 6.07) is 0. The maximum Gasteiger partial charge on any atom is 0.330 e. The fraction of sp³-hybridized carbons (Fsp3) is 0.875. The molecule has 0 rings (SSSR count). The van der Waals surface area contributed by atoms with Gasteiger partial charge in [0.1, 0.15) is 22.4 Å². The van der Waals surface area contributed by atoms with Crippen LogP contribution in [0.15, 0.2) is 12.7 Å². The molecule has 0 radical (unpaired) electrons. The van der Waals surface area contributed by atoms with Gasteiger partial charge in [0.15, 0.2) is 0 Å². The number of halogens is 2. The predicted molar refractivity (Wildman–Crippen MR) is 331 cm³/mol. The number of aliphatic hydroxyl groups excluding tert-OH is 2. The first-order valence-corrected chi connectivity index (χ1v) is 32.7. The highest BCUT2D eigenvalue weighted by atomic mass is 79.9. The minimum atomic E-state index is -1.11. The van der Waals surface area contributed by atoms with E-state index in [4.69, 9.17) is 33.9 Å². The maximum atomic E-state index is 12.6. The minimum absolute atomic E-state index is 0.0422. The molecule has 0 aromatic rings. The van der Waals surface area contributed by atoms with Crippen molar-refractivity contribution < 1.29 is 67.4 Å². The van der Waals surface area contributed by atoms with E-state index in [1.165, 1.54) is 200 Å². The SMILES string of the molecule is C=CC(=O)OCCCCCCCCCCCCCCCCCC.CCCCCCCCCCCCCCCCCCOC(=O)C(Br)CC(C)(CC(C)(C)C(=O)OCCO)C(=O)OC.COC(=O)C(C)(Br)CC(C)(C)C(=O)OCCO. The molecule has 3 unspecified atom stereocenters. The number of ether oxygens (including phenoxy) is 6. The zero-order chi connectivity index (χ0) is 61.0. The standard InChI is InChI=1S/C32H59BrO7.C21H40O2.C11H19BrO5/c1-6-7-8-9-10-11-12-13-14-15-16-17-18-19-20-21-23-39-28(35)27(33)25-32(4,30(37)38-5)26-31(2,3)29(36)40-24-22-34;1-3-5-6-7-8-9-10-11-12-13-14-15-16-17-18-19-20-23-21(22)4-2;1-10(2,8(14)17-6-5-13)7-11(3,12)9(15)16-4/h27,34H,6-26H2,1-5H3;4H,2-3,5-20H2,1H3;13H,5-7H2,1-4H3. The third-order valence-electron chi connectivity index (χ3n) is 14.2. The Kier molecular flexibility index (Phi) is 54.3. The van der Waals surface area contributed by atoms with Crippen molar-refractivity contribution >= 4 is 67.7 Å². The van der Waals surface area contributed by atoms with Crippen LogP contribution in [0.25, 0.3) is 0 Å². The lowest BCUT2D eigenvalue weighted by Crippen LogP contribution is -2.41. The molecule has 0 bridgehead atoms. The van der Waals surface area contributed by atoms with Crippen molar-refractivity contribution in [1.29, 1.82) is 0 Å². The molecule has 80 heavy (non-hydrogen) atoms. The normalized spacial score (nSPS) is 13.2. The van der Waals surface area contributed by atoms with E-state index >= 15 is 0 Å². The first kappa shape index (κ1) is 81.7. The third-order valence-corrected chi connectivity index (χ3v) is 15.5. The van der Waals surface area contributed by atoms with Gasteiger partial charge in [-0.1, -0.05) is 245 Å². The van der Waals surface area contributed by atoms with E-state index in [-0.39, 0.29) is 51.7 Å². The van der Waals surface area contributed by atoms with Crippen molar-refractivity contribution in [3.8, 4) is 0 Å². The van der Waals surface area contributed by atoms with E-state index < -0.39 is 55.2 Å². The molecule has 0 saturated carbocycles. The number of hydrogen-bond acceptors (Lipinski definition) is 14. The van der Waals surface area contributed by atoms with Crippen molar-refractivity contribution in [2.75, 3.05) is 53.9 Å². The molecule has 0 heterocycles. The second-order valence-electron chi connectivity index (χ2n) is 23.4. The summed E-state index contributed by atoms with van der Waals surface area (Å²) in [6.45, 7) is 18.2. The van der Waals surface area contributed by atoms with E-state index in [1.54, 1.807) is 41.5 Å². The molecular weight excluding hydrogens is 1150 g/mol. The van der Waals surface area contributed by atoms with Gasteiger partial charge in [0.2, 0.25) is 0 Å². The molecule has 0 aliphatic heterocycles. The molecule has 0 aromatic heterocycles. The lowest BCUT2D eigenvalue weighted by Gasteiger charge is -2.34. The first-order chi connectivity index (χ1) is 38.0. The number of methoxy groups -OCH3 is 2. The topological polar surface area (TPSA) is 198 Å². The van der Waals surface area contributed by atoms with E-state index in [9.17, 15) is 28.8 Å². The summed E-state index contributed by atoms with van der Waals surface area (Å²) in [6.07, 6.45) is 44.0. The molecule has 0 spiro atoms. The summed E-state index contributed by atoms with van der Waals surface area (Å²) in [5.74, 6) is -2.65. The maximum absolute atomic E-state index is 12.6. The number of carbonyl (C=O) groups is 6. The summed E-state index contributed by atoms with van der Waals surface area (Å²) in [5, 5.41) is 17.5. The van der Waals surface area contributed by atoms with Gasteiger partial charge in [-0.25, -0.2) is 4.79 Å². The molecule has 0 aromatic carbocycles. The van der Waals surface area contributed by atoms with Gasteiger partial charge in [-0.3, -0.25) is 24.0 Å². The van der Waals surface area contributed by atoms with Gasteiger partial charge in [0.25, 0.3) is 0 Å². The highest BCUT2D eigenvalue weighted by Crippen LogP contribution is 2.41. The monoisotopic (exact) mass is 1270 g/mol. The minimum Gasteiger partial charge on any atom is -0.469 e. The van der Waals surface area contributed by atoms with Crippen molar-refractivity contribution in [2.24, 2.45) is 16.2 Å². The van der Waals surface area contributed by atoms with Crippen LogP contribution in [0.1, 0.15) is 280 Å². The van der Waals surface area contributed by atoms with E-state index in [1.807, 2.05) is 0 Å². The van der Waals surface area contributed by atoms with Gasteiger partial charge in [-0.05, 0) is 73.6 Å². The zero-order valence-corrected chi connectivity index (χ0v) is 55.6. The number of alkyl halides is 2. The number of unbranched alkanes of at least 4 members (excludes halogenated alkanes) is 30. The van der Waals surface area contributed by atoms with Crippen molar-refractivity contribution in [3.63, 3.8) is 0 Å². The molecule has 2 N–H and O–H groups in total. The van der Waals surface area contributed by atoms with Crippen LogP contribution < -0.4 is 0 Å². The van der Waals surface area contributed by atoms with Gasteiger partial charge in [0.05, 0.1) is 56.9 Å². The number of esters is 6. The lowest BCUT2D eigenvalue weighted by atomic mass is 9.71. The Morgan fingerprint density at radius 2 is 0.738 bits per heavy atom. The summed E-state index contributed by atoms with van der Waals surface area (Å²) >= 11 is 6.63. The Balaban J connectivity index is -0.00000124. The van der Waals surface area contributed by atoms with Gasteiger partial charge >= 0.3 is 35.8 Å². The lowest BCUT2D eigenvalue weighted by molar-refractivity contribution is -0.163. The Morgan fingerprint density at radius 3 is 1.04 bits per heavy atom. The molecule has 3 atom stereocenters. The Morgan fingerprint density at radius 1 is 0.438 bits per heavy atom. The van der Waals surface area contributed by atoms with Crippen molar-refractivity contribution in [1.82, 2.24) is 0 Å². The van der Waals surface area contributed by atoms with Crippen LogP contribution in [0.3, 0.4) is 0 Å². The van der Waals surface area contributed by atoms with Gasteiger partial charge in [-0.15, -0.1) is 0 Å². The van der Waals surface area contributed by atoms with Crippen LogP contribution >= 0.6 is 31.9 Å². The summed E-state index contributed by atoms with van der Waals surface area (Å²) in [5.41, 5.74) is -2.97. The number of carbonyl (C=O) groups excluding carboxylic acids is 6. The fourth-order valence-corrected chi connectivity index (χ4v) is 11.4.